The molecule has 10 heteroatoms. The highest BCUT2D eigenvalue weighted by Gasteiger charge is 2.20. The summed E-state index contributed by atoms with van der Waals surface area (Å²) in [6, 6.07) is 11.2. The van der Waals surface area contributed by atoms with Gasteiger partial charge in [-0.15, -0.1) is 0 Å². The molecule has 3 N–H and O–H groups in total. The number of hydrogen-bond donors (Lipinski definition) is 3. The van der Waals surface area contributed by atoms with Crippen LogP contribution in [0.1, 0.15) is 25.3 Å². The predicted octanol–water partition coefficient (Wildman–Crippen LogP) is 5.24. The zero-order valence-electron chi connectivity index (χ0n) is 17.9. The Labute approximate surface area is 189 Å². The Kier molecular flexibility index (Phi) is 5.47. The van der Waals surface area contributed by atoms with E-state index in [0.717, 1.165) is 35.0 Å². The van der Waals surface area contributed by atoms with Crippen molar-refractivity contribution in [1.29, 1.82) is 0 Å². The van der Waals surface area contributed by atoms with E-state index in [1.54, 1.807) is 18.3 Å². The normalized spacial score (nSPS) is 12.7. The number of halogens is 1. The molecule has 1 aliphatic heterocycles. The van der Waals surface area contributed by atoms with Crippen LogP contribution < -0.4 is 15.5 Å². The zero-order valence-corrected chi connectivity index (χ0v) is 17.9. The molecular weight excluding hydrogens is 425 g/mol. The van der Waals surface area contributed by atoms with Crippen molar-refractivity contribution in [1.82, 2.24) is 20.2 Å². The minimum Gasteiger partial charge on any atom is -0.444 e. The van der Waals surface area contributed by atoms with E-state index in [0.29, 0.717) is 17.9 Å². The third kappa shape index (κ3) is 4.14. The summed E-state index contributed by atoms with van der Waals surface area (Å²) in [5, 5.41) is 13.7. The smallest absolute Gasteiger partial charge is 0.411 e. The van der Waals surface area contributed by atoms with Crippen LogP contribution >= 0.6 is 0 Å². The van der Waals surface area contributed by atoms with Crippen LogP contribution in [0.4, 0.5) is 38.0 Å². The summed E-state index contributed by atoms with van der Waals surface area (Å²) in [7, 11) is 0. The number of nitrogens with one attached hydrogen (secondary N) is 3. The molecule has 33 heavy (non-hydrogen) atoms. The first kappa shape index (κ1) is 20.7. The third-order valence-electron chi connectivity index (χ3n) is 5.43. The van der Waals surface area contributed by atoms with E-state index in [2.05, 4.69) is 37.7 Å². The lowest BCUT2D eigenvalue weighted by Crippen LogP contribution is -2.22. The van der Waals surface area contributed by atoms with Crippen molar-refractivity contribution in [3.05, 3.63) is 60.2 Å². The molecule has 0 saturated carbocycles. The van der Waals surface area contributed by atoms with Crippen LogP contribution in [0.2, 0.25) is 0 Å². The van der Waals surface area contributed by atoms with Gasteiger partial charge in [0.25, 0.3) is 0 Å². The van der Waals surface area contributed by atoms with Crippen LogP contribution in [-0.4, -0.2) is 32.8 Å². The maximum Gasteiger partial charge on any atom is 0.411 e. The molecule has 0 atom stereocenters. The van der Waals surface area contributed by atoms with Gasteiger partial charge in [-0.3, -0.25) is 10.4 Å². The highest BCUT2D eigenvalue weighted by molar-refractivity contribution is 5.93. The Morgan fingerprint density at radius 3 is 3.03 bits per heavy atom. The van der Waals surface area contributed by atoms with Crippen LogP contribution in [0, 0.1) is 5.82 Å². The van der Waals surface area contributed by atoms with Gasteiger partial charge in [-0.1, -0.05) is 19.4 Å². The van der Waals surface area contributed by atoms with Crippen molar-refractivity contribution in [2.45, 2.75) is 26.4 Å². The number of carbonyl (C=O) groups excluding carboxylic acids is 1. The maximum absolute atomic E-state index is 15.0. The number of hydrogen-bond acceptors (Lipinski definition) is 7. The Hall–Kier alpha value is -4.21. The molecule has 5 rings (SSSR count). The average Bonchev–Trinajstić information content (AvgIpc) is 3.31. The molecule has 0 fully saturated rings. The summed E-state index contributed by atoms with van der Waals surface area (Å²) in [6.45, 7) is 2.85. The van der Waals surface area contributed by atoms with E-state index < -0.39 is 11.9 Å². The second-order valence-electron chi connectivity index (χ2n) is 7.68. The van der Waals surface area contributed by atoms with Gasteiger partial charge in [0.15, 0.2) is 11.6 Å². The maximum atomic E-state index is 15.0. The Morgan fingerprint density at radius 1 is 1.24 bits per heavy atom. The van der Waals surface area contributed by atoms with Gasteiger partial charge in [0.05, 0.1) is 29.3 Å². The highest BCUT2D eigenvalue weighted by Crippen LogP contribution is 2.33. The third-order valence-corrected chi connectivity index (χ3v) is 5.43. The largest absolute Gasteiger partial charge is 0.444 e. The second-order valence-corrected chi connectivity index (χ2v) is 7.68. The molecule has 1 aliphatic rings. The molecule has 0 aliphatic carbocycles. The van der Waals surface area contributed by atoms with Gasteiger partial charge in [-0.2, -0.15) is 10.1 Å². The van der Waals surface area contributed by atoms with Gasteiger partial charge < -0.3 is 15.0 Å². The van der Waals surface area contributed by atoms with E-state index in [1.165, 1.54) is 6.20 Å². The van der Waals surface area contributed by atoms with Crippen molar-refractivity contribution >= 4 is 45.8 Å². The molecule has 9 nitrogen and oxygen atoms in total. The summed E-state index contributed by atoms with van der Waals surface area (Å²) < 4.78 is 20.0. The number of H-pyrrole nitrogens is 1. The van der Waals surface area contributed by atoms with E-state index in [4.69, 9.17) is 4.74 Å². The number of unbranched alkanes of at least 4 members (excludes halogenated alkanes) is 1. The van der Waals surface area contributed by atoms with Crippen molar-refractivity contribution < 1.29 is 13.9 Å². The van der Waals surface area contributed by atoms with Crippen molar-refractivity contribution in [2.75, 3.05) is 22.1 Å². The minimum absolute atomic E-state index is 0.172. The summed E-state index contributed by atoms with van der Waals surface area (Å²) >= 11 is 0. The zero-order chi connectivity index (χ0) is 22.8. The summed E-state index contributed by atoms with van der Waals surface area (Å²) in [5.74, 6) is -0.0742. The molecule has 4 aromatic rings. The van der Waals surface area contributed by atoms with Crippen LogP contribution in [-0.2, 0) is 11.3 Å². The lowest BCUT2D eigenvalue weighted by Gasteiger charge is -2.25. The number of anilines is 5. The van der Waals surface area contributed by atoms with Gasteiger partial charge >= 0.3 is 6.09 Å². The molecule has 0 saturated heterocycles. The lowest BCUT2D eigenvalue weighted by atomic mass is 10.1. The molecule has 0 unspecified atom stereocenters. The van der Waals surface area contributed by atoms with Crippen LogP contribution in [0.3, 0.4) is 0 Å². The van der Waals surface area contributed by atoms with Crippen molar-refractivity contribution in [3.8, 4) is 0 Å². The summed E-state index contributed by atoms with van der Waals surface area (Å²) in [5.41, 5.74) is 3.89. The number of aromatic amines is 1. The molecular formula is C23H22FN7O2. The van der Waals surface area contributed by atoms with Gasteiger partial charge in [-0.05, 0) is 36.8 Å². The summed E-state index contributed by atoms with van der Waals surface area (Å²) in [6.07, 6.45) is 4.23. The number of benzene rings is 2. The standard InChI is InChI=1S/C23H22FN7O2/c1-2-3-9-31(20-6-4-5-19-16(20)11-26-30-19)21-17(24)12-25-22(29-21)27-15-7-8-18-14(10-15)13-33-23(32)28-18/h4-8,10-12H,2-3,9,13H2,1H3,(H,26,30)(H,28,32)(H,25,27,29). The molecule has 0 radical (unpaired) electrons. The Morgan fingerprint density at radius 2 is 2.15 bits per heavy atom. The predicted molar refractivity (Wildman–Crippen MR) is 124 cm³/mol. The Bertz CT molecular complexity index is 1320. The fourth-order valence-electron chi connectivity index (χ4n) is 3.78. The molecule has 3 heterocycles. The number of carbonyl (C=O) groups is 1. The monoisotopic (exact) mass is 447 g/mol. The summed E-state index contributed by atoms with van der Waals surface area (Å²) in [4.78, 5) is 21.9. The molecule has 1 amide bonds. The molecule has 2 aromatic carbocycles. The SMILES string of the molecule is CCCCN(c1nc(Nc2ccc3c(c2)COC(=O)N3)ncc1F)c1cccc2[nH]ncc12. The first-order valence-corrected chi connectivity index (χ1v) is 10.7. The lowest BCUT2D eigenvalue weighted by molar-refractivity contribution is 0.151. The van der Waals surface area contributed by atoms with E-state index in [1.807, 2.05) is 29.2 Å². The Balaban J connectivity index is 1.49. The van der Waals surface area contributed by atoms with Gasteiger partial charge in [0, 0.05) is 23.2 Å². The number of aromatic nitrogens is 4. The number of rotatable bonds is 7. The quantitative estimate of drug-likeness (QED) is 0.356. The molecule has 2 aromatic heterocycles. The van der Waals surface area contributed by atoms with Crippen LogP contribution in [0.5, 0.6) is 0 Å². The second kappa shape index (κ2) is 8.73. The minimum atomic E-state index is -0.515. The van der Waals surface area contributed by atoms with E-state index >= 15 is 0 Å². The van der Waals surface area contributed by atoms with E-state index in [-0.39, 0.29) is 18.4 Å². The van der Waals surface area contributed by atoms with Gasteiger partial charge in [0.2, 0.25) is 5.95 Å². The first-order valence-electron chi connectivity index (χ1n) is 10.7. The van der Waals surface area contributed by atoms with Gasteiger partial charge in [-0.25, -0.2) is 14.2 Å². The molecule has 0 spiro atoms. The molecule has 168 valence electrons. The number of nitrogens with zero attached hydrogens (tertiary/aromatic N) is 4. The topological polar surface area (TPSA) is 108 Å². The van der Waals surface area contributed by atoms with Crippen LogP contribution in [0.15, 0.2) is 48.8 Å². The van der Waals surface area contributed by atoms with Crippen molar-refractivity contribution in [3.63, 3.8) is 0 Å². The van der Waals surface area contributed by atoms with Crippen molar-refractivity contribution in [2.24, 2.45) is 0 Å². The molecule has 0 bridgehead atoms. The fourth-order valence-corrected chi connectivity index (χ4v) is 3.78. The first-order chi connectivity index (χ1) is 16.1. The van der Waals surface area contributed by atoms with Gasteiger partial charge in [0.1, 0.15) is 6.61 Å². The van der Waals surface area contributed by atoms with E-state index in [9.17, 15) is 9.18 Å². The number of fused-ring (bicyclic) bond motifs is 2. The number of amides is 1. The number of ether oxygens (including phenoxy) is 1. The highest BCUT2D eigenvalue weighted by atomic mass is 19.1. The van der Waals surface area contributed by atoms with Crippen LogP contribution in [0.25, 0.3) is 10.9 Å². The fraction of sp³-hybridized carbons (Fsp3) is 0.217. The number of cyclic esters (lactones) is 1. The average molecular weight is 447 g/mol.